The number of fused-ring (bicyclic) bond motifs is 1. The van der Waals surface area contributed by atoms with Crippen LogP contribution in [-0.2, 0) is 11.8 Å². The molecule has 0 saturated carbocycles. The predicted molar refractivity (Wildman–Crippen MR) is 121 cm³/mol. The van der Waals surface area contributed by atoms with Gasteiger partial charge in [0.2, 0.25) is 5.91 Å². The fourth-order valence-electron chi connectivity index (χ4n) is 4.05. The molecule has 0 bridgehead atoms. The highest BCUT2D eigenvalue weighted by Crippen LogP contribution is 2.41. The Labute approximate surface area is 190 Å². The zero-order chi connectivity index (χ0) is 23.0. The summed E-state index contributed by atoms with van der Waals surface area (Å²) in [6.45, 7) is 1.87. The summed E-state index contributed by atoms with van der Waals surface area (Å²) in [6.07, 6.45) is 0. The lowest BCUT2D eigenvalue weighted by atomic mass is 9.81. The van der Waals surface area contributed by atoms with Crippen molar-refractivity contribution >= 4 is 29.2 Å². The van der Waals surface area contributed by atoms with Crippen molar-refractivity contribution in [3.05, 3.63) is 69.9 Å². The summed E-state index contributed by atoms with van der Waals surface area (Å²) in [5.41, 5.74) is 2.73. The minimum Gasteiger partial charge on any atom is -0.497 e. The van der Waals surface area contributed by atoms with Crippen molar-refractivity contribution in [1.82, 2.24) is 15.1 Å². The van der Waals surface area contributed by atoms with E-state index in [9.17, 15) is 9.59 Å². The SMILES string of the molecule is COc1cc(OC)cc([C@@H]2c3c(C)nn(C)c3NC(=O)[C@H]2NC(=O)c2ccc(Cl)cc2)c1. The van der Waals surface area contributed by atoms with E-state index in [0.29, 0.717) is 27.9 Å². The highest BCUT2D eigenvalue weighted by molar-refractivity contribution is 6.30. The summed E-state index contributed by atoms with van der Waals surface area (Å²) in [4.78, 5) is 26.2. The second-order valence-corrected chi connectivity index (χ2v) is 7.98. The van der Waals surface area contributed by atoms with E-state index in [1.165, 1.54) is 0 Å². The van der Waals surface area contributed by atoms with Crippen LogP contribution in [0.3, 0.4) is 0 Å². The number of hydrogen-bond donors (Lipinski definition) is 2. The van der Waals surface area contributed by atoms with E-state index < -0.39 is 12.0 Å². The third kappa shape index (κ3) is 3.89. The predicted octanol–water partition coefficient (Wildman–Crippen LogP) is 3.28. The number of halogens is 1. The third-order valence-corrected chi connectivity index (χ3v) is 5.81. The smallest absolute Gasteiger partial charge is 0.251 e. The van der Waals surface area contributed by atoms with E-state index in [0.717, 1.165) is 16.8 Å². The number of carbonyl (C=O) groups excluding carboxylic acids is 2. The van der Waals surface area contributed by atoms with Crippen LogP contribution in [-0.4, -0.2) is 41.9 Å². The van der Waals surface area contributed by atoms with Gasteiger partial charge < -0.3 is 20.1 Å². The first-order valence-corrected chi connectivity index (χ1v) is 10.3. The van der Waals surface area contributed by atoms with Crippen LogP contribution in [0.15, 0.2) is 42.5 Å². The molecular weight excluding hydrogens is 432 g/mol. The molecule has 2 heterocycles. The second kappa shape index (κ2) is 8.55. The van der Waals surface area contributed by atoms with Gasteiger partial charge in [-0.15, -0.1) is 0 Å². The van der Waals surface area contributed by atoms with Gasteiger partial charge >= 0.3 is 0 Å². The normalized spacial score (nSPS) is 17.3. The van der Waals surface area contributed by atoms with Gasteiger partial charge in [0, 0.05) is 35.2 Å². The number of hydrogen-bond acceptors (Lipinski definition) is 5. The molecule has 2 aromatic carbocycles. The van der Waals surface area contributed by atoms with Crippen molar-refractivity contribution in [2.75, 3.05) is 19.5 Å². The van der Waals surface area contributed by atoms with Crippen molar-refractivity contribution in [2.24, 2.45) is 7.05 Å². The van der Waals surface area contributed by atoms with E-state index in [-0.39, 0.29) is 11.8 Å². The zero-order valence-electron chi connectivity index (χ0n) is 18.1. The molecule has 0 aliphatic carbocycles. The molecule has 3 aromatic rings. The minimum absolute atomic E-state index is 0.338. The first kappa shape index (κ1) is 21.7. The Hall–Kier alpha value is -3.52. The molecule has 0 fully saturated rings. The van der Waals surface area contributed by atoms with E-state index in [4.69, 9.17) is 21.1 Å². The van der Waals surface area contributed by atoms with E-state index >= 15 is 0 Å². The highest BCUT2D eigenvalue weighted by atomic mass is 35.5. The Kier molecular flexibility index (Phi) is 5.80. The number of benzene rings is 2. The monoisotopic (exact) mass is 454 g/mol. The number of rotatable bonds is 5. The van der Waals surface area contributed by atoms with Crippen LogP contribution in [0, 0.1) is 6.92 Å². The minimum atomic E-state index is -0.884. The van der Waals surface area contributed by atoms with Gasteiger partial charge in [0.05, 0.1) is 19.9 Å². The number of aromatic nitrogens is 2. The zero-order valence-corrected chi connectivity index (χ0v) is 18.9. The number of nitrogens with zero attached hydrogens (tertiary/aromatic N) is 2. The Morgan fingerprint density at radius 2 is 1.75 bits per heavy atom. The molecule has 0 saturated heterocycles. The van der Waals surface area contributed by atoms with Crippen LogP contribution in [0.4, 0.5) is 5.82 Å². The number of methoxy groups -OCH3 is 2. The topological polar surface area (TPSA) is 94.5 Å². The van der Waals surface area contributed by atoms with Crippen molar-refractivity contribution in [3.63, 3.8) is 0 Å². The maximum absolute atomic E-state index is 13.2. The van der Waals surface area contributed by atoms with Gasteiger partial charge in [-0.25, -0.2) is 0 Å². The van der Waals surface area contributed by atoms with Gasteiger partial charge in [-0.2, -0.15) is 5.10 Å². The Bertz CT molecular complexity index is 1170. The first-order valence-electron chi connectivity index (χ1n) is 9.96. The second-order valence-electron chi connectivity index (χ2n) is 7.54. The van der Waals surface area contributed by atoms with E-state index in [1.54, 1.807) is 56.3 Å². The van der Waals surface area contributed by atoms with Gasteiger partial charge in [0.25, 0.3) is 5.91 Å². The van der Waals surface area contributed by atoms with Gasteiger partial charge in [-0.1, -0.05) is 11.6 Å². The highest BCUT2D eigenvalue weighted by Gasteiger charge is 2.41. The molecule has 166 valence electrons. The molecule has 1 aromatic heterocycles. The van der Waals surface area contributed by atoms with Crippen LogP contribution in [0.5, 0.6) is 11.5 Å². The molecule has 0 radical (unpaired) electrons. The quantitative estimate of drug-likeness (QED) is 0.617. The molecule has 2 atom stereocenters. The molecule has 1 aliphatic heterocycles. The molecular formula is C23H23ClN4O4. The maximum Gasteiger partial charge on any atom is 0.251 e. The van der Waals surface area contributed by atoms with Gasteiger partial charge in [0.1, 0.15) is 23.4 Å². The van der Waals surface area contributed by atoms with Crippen molar-refractivity contribution in [2.45, 2.75) is 18.9 Å². The van der Waals surface area contributed by atoms with E-state index in [2.05, 4.69) is 15.7 Å². The lowest BCUT2D eigenvalue weighted by Gasteiger charge is -2.33. The number of amides is 2. The summed E-state index contributed by atoms with van der Waals surface area (Å²) < 4.78 is 12.5. The molecule has 1 aliphatic rings. The molecule has 32 heavy (non-hydrogen) atoms. The number of ether oxygens (including phenoxy) is 2. The first-order chi connectivity index (χ1) is 15.3. The lowest BCUT2D eigenvalue weighted by Crippen LogP contribution is -2.50. The lowest BCUT2D eigenvalue weighted by molar-refractivity contribution is -0.118. The standard InChI is InChI=1S/C23H23ClN4O4/c1-12-18-19(14-9-16(31-3)11-17(10-14)32-4)20(23(30)26-21(18)28(2)27-12)25-22(29)13-5-7-15(24)8-6-13/h5-11,19-20H,1-4H3,(H,25,29)(H,26,30)/t19-,20+/m1/s1. The van der Waals surface area contributed by atoms with Crippen LogP contribution >= 0.6 is 11.6 Å². The molecule has 9 heteroatoms. The van der Waals surface area contributed by atoms with Crippen LogP contribution in [0.2, 0.25) is 5.02 Å². The summed E-state index contributed by atoms with van der Waals surface area (Å²) in [6, 6.07) is 11.0. The van der Waals surface area contributed by atoms with Crippen LogP contribution < -0.4 is 20.1 Å². The molecule has 0 spiro atoms. The Morgan fingerprint density at radius 3 is 2.34 bits per heavy atom. The summed E-state index contributed by atoms with van der Waals surface area (Å²) in [5.74, 6) is 0.526. The average Bonchev–Trinajstić information content (AvgIpc) is 3.06. The van der Waals surface area contributed by atoms with Crippen LogP contribution in [0.1, 0.15) is 33.1 Å². The number of anilines is 1. The average molecular weight is 455 g/mol. The Morgan fingerprint density at radius 1 is 1.12 bits per heavy atom. The summed E-state index contributed by atoms with van der Waals surface area (Å²) in [7, 11) is 4.89. The molecule has 2 amide bonds. The third-order valence-electron chi connectivity index (χ3n) is 5.56. The van der Waals surface area contributed by atoms with Crippen molar-refractivity contribution in [1.29, 1.82) is 0 Å². The van der Waals surface area contributed by atoms with Gasteiger partial charge in [-0.3, -0.25) is 14.3 Å². The number of aryl methyl sites for hydroxylation is 2. The van der Waals surface area contributed by atoms with Crippen molar-refractivity contribution < 1.29 is 19.1 Å². The number of carbonyl (C=O) groups is 2. The molecule has 8 nitrogen and oxygen atoms in total. The van der Waals surface area contributed by atoms with Gasteiger partial charge in [0.15, 0.2) is 0 Å². The van der Waals surface area contributed by atoms with Crippen LogP contribution in [0.25, 0.3) is 0 Å². The fraction of sp³-hybridized carbons (Fsp3) is 0.261. The van der Waals surface area contributed by atoms with Gasteiger partial charge in [-0.05, 0) is 48.9 Å². The molecule has 0 unspecified atom stereocenters. The maximum atomic E-state index is 13.2. The van der Waals surface area contributed by atoms with E-state index in [1.807, 2.05) is 19.1 Å². The summed E-state index contributed by atoms with van der Waals surface area (Å²) >= 11 is 5.94. The summed E-state index contributed by atoms with van der Waals surface area (Å²) in [5, 5.41) is 10.8. The molecule has 4 rings (SSSR count). The Balaban J connectivity index is 1.82. The fourth-order valence-corrected chi connectivity index (χ4v) is 4.18. The number of nitrogens with one attached hydrogen (secondary N) is 2. The largest absolute Gasteiger partial charge is 0.497 e. The molecule has 2 N–H and O–H groups in total. The van der Waals surface area contributed by atoms with Crippen molar-refractivity contribution in [3.8, 4) is 11.5 Å².